The van der Waals surface area contributed by atoms with Crippen molar-refractivity contribution in [1.29, 1.82) is 5.26 Å². The maximum Gasteiger partial charge on any atom is 0.164 e. The SMILES string of the molecule is N#Cc1cc(-c2nc(-c3ccccc3)nc(-c3ccccc3)n2)ccc1-c1ccccc1-c1ccccc1-c1ccc(-c2nc(-c3ccccc3)nc(-c3ccccc3)n2)cc1. The van der Waals surface area contributed by atoms with Gasteiger partial charge in [0.25, 0.3) is 0 Å². The second-order valence-corrected chi connectivity index (χ2v) is 14.6. The predicted octanol–water partition coefficient (Wildman–Crippen LogP) is 12.9. The van der Waals surface area contributed by atoms with Crippen molar-refractivity contribution in [1.82, 2.24) is 29.9 Å². The van der Waals surface area contributed by atoms with Gasteiger partial charge in [-0.15, -0.1) is 0 Å². The molecular formula is C55H35N7. The number of nitrogens with zero attached hydrogens (tertiary/aromatic N) is 7. The molecule has 2 aromatic heterocycles. The first kappa shape index (κ1) is 37.5. The molecule has 0 radical (unpaired) electrons. The molecule has 0 unspecified atom stereocenters. The van der Waals surface area contributed by atoms with Gasteiger partial charge in [-0.3, -0.25) is 0 Å². The molecule has 0 saturated heterocycles. The van der Waals surface area contributed by atoms with Crippen molar-refractivity contribution in [2.75, 3.05) is 0 Å². The summed E-state index contributed by atoms with van der Waals surface area (Å²) in [5.74, 6) is 3.45. The van der Waals surface area contributed by atoms with E-state index >= 15 is 0 Å². The maximum absolute atomic E-state index is 10.7. The van der Waals surface area contributed by atoms with Crippen LogP contribution in [0.15, 0.2) is 212 Å². The van der Waals surface area contributed by atoms with Crippen LogP contribution in [0.3, 0.4) is 0 Å². The van der Waals surface area contributed by atoms with Gasteiger partial charge in [0.2, 0.25) is 0 Å². The largest absolute Gasteiger partial charge is 0.208 e. The summed E-state index contributed by atoms with van der Waals surface area (Å²) < 4.78 is 0. The summed E-state index contributed by atoms with van der Waals surface area (Å²) in [6, 6.07) is 73.0. The Morgan fingerprint density at radius 2 is 0.516 bits per heavy atom. The van der Waals surface area contributed by atoms with Crippen molar-refractivity contribution >= 4 is 0 Å². The first-order valence-electron chi connectivity index (χ1n) is 20.3. The monoisotopic (exact) mass is 793 g/mol. The lowest BCUT2D eigenvalue weighted by atomic mass is 9.87. The van der Waals surface area contributed by atoms with Crippen molar-refractivity contribution in [3.05, 3.63) is 218 Å². The molecule has 290 valence electrons. The highest BCUT2D eigenvalue weighted by Crippen LogP contribution is 2.40. The van der Waals surface area contributed by atoms with Crippen LogP contribution < -0.4 is 0 Å². The van der Waals surface area contributed by atoms with Gasteiger partial charge in [-0.25, -0.2) is 29.9 Å². The quantitative estimate of drug-likeness (QED) is 0.143. The van der Waals surface area contributed by atoms with Gasteiger partial charge in [-0.05, 0) is 33.9 Å². The minimum Gasteiger partial charge on any atom is -0.208 e. The third-order valence-electron chi connectivity index (χ3n) is 10.7. The van der Waals surface area contributed by atoms with Crippen LogP contribution in [0.25, 0.3) is 102 Å². The maximum atomic E-state index is 10.7. The Morgan fingerprint density at radius 1 is 0.242 bits per heavy atom. The average molecular weight is 794 g/mol. The molecule has 0 bridgehead atoms. The molecule has 10 aromatic rings. The Morgan fingerprint density at radius 3 is 0.903 bits per heavy atom. The van der Waals surface area contributed by atoms with E-state index in [-0.39, 0.29) is 0 Å². The van der Waals surface area contributed by atoms with Crippen LogP contribution >= 0.6 is 0 Å². The van der Waals surface area contributed by atoms with Gasteiger partial charge in [0.15, 0.2) is 34.9 Å². The first-order valence-corrected chi connectivity index (χ1v) is 20.3. The molecular weight excluding hydrogens is 759 g/mol. The molecule has 0 N–H and O–H groups in total. The number of benzene rings is 8. The fourth-order valence-electron chi connectivity index (χ4n) is 7.61. The van der Waals surface area contributed by atoms with E-state index in [0.29, 0.717) is 40.5 Å². The molecule has 0 atom stereocenters. The van der Waals surface area contributed by atoms with E-state index < -0.39 is 0 Å². The van der Waals surface area contributed by atoms with E-state index in [2.05, 4.69) is 66.7 Å². The van der Waals surface area contributed by atoms with Crippen LogP contribution in [0, 0.1) is 11.3 Å². The second kappa shape index (κ2) is 16.9. The van der Waals surface area contributed by atoms with Gasteiger partial charge < -0.3 is 0 Å². The molecule has 7 nitrogen and oxygen atoms in total. The van der Waals surface area contributed by atoms with Crippen molar-refractivity contribution in [3.63, 3.8) is 0 Å². The van der Waals surface area contributed by atoms with Crippen LogP contribution in [-0.4, -0.2) is 29.9 Å². The Bertz CT molecular complexity index is 3110. The van der Waals surface area contributed by atoms with E-state index in [1.165, 1.54) is 0 Å². The fraction of sp³-hybridized carbons (Fsp3) is 0. The van der Waals surface area contributed by atoms with Crippen LogP contribution in [0.2, 0.25) is 0 Å². The number of rotatable bonds is 9. The molecule has 0 fully saturated rings. The van der Waals surface area contributed by atoms with E-state index in [0.717, 1.165) is 66.8 Å². The fourth-order valence-corrected chi connectivity index (χ4v) is 7.61. The van der Waals surface area contributed by atoms with Gasteiger partial charge in [0, 0.05) is 38.9 Å². The van der Waals surface area contributed by atoms with Crippen molar-refractivity contribution < 1.29 is 0 Å². The van der Waals surface area contributed by atoms with Gasteiger partial charge in [0.05, 0.1) is 11.6 Å². The van der Waals surface area contributed by atoms with Crippen LogP contribution in [0.4, 0.5) is 0 Å². The summed E-state index contributed by atoms with van der Waals surface area (Å²) in [6.45, 7) is 0. The Kier molecular flexibility index (Phi) is 10.2. The van der Waals surface area contributed by atoms with Crippen LogP contribution in [0.1, 0.15) is 5.56 Å². The summed E-state index contributed by atoms with van der Waals surface area (Å²) in [4.78, 5) is 29.4. The molecule has 0 saturated carbocycles. The third kappa shape index (κ3) is 7.63. The lowest BCUT2D eigenvalue weighted by Crippen LogP contribution is -2.00. The average Bonchev–Trinajstić information content (AvgIpc) is 3.37. The molecule has 2 heterocycles. The number of aromatic nitrogens is 6. The third-order valence-corrected chi connectivity index (χ3v) is 10.7. The van der Waals surface area contributed by atoms with Crippen LogP contribution in [0.5, 0.6) is 0 Å². The molecule has 0 aliphatic carbocycles. The number of hydrogen-bond donors (Lipinski definition) is 0. The molecule has 7 heteroatoms. The Labute approximate surface area is 359 Å². The highest BCUT2D eigenvalue weighted by Gasteiger charge is 2.19. The summed E-state index contributed by atoms with van der Waals surface area (Å²) in [5.41, 5.74) is 11.6. The van der Waals surface area contributed by atoms with Gasteiger partial charge in [-0.2, -0.15) is 5.26 Å². The van der Waals surface area contributed by atoms with Crippen molar-refractivity contribution in [2.24, 2.45) is 0 Å². The molecule has 8 aromatic carbocycles. The van der Waals surface area contributed by atoms with Crippen molar-refractivity contribution in [3.8, 4) is 108 Å². The second-order valence-electron chi connectivity index (χ2n) is 14.6. The first-order chi connectivity index (χ1) is 30.7. The lowest BCUT2D eigenvalue weighted by molar-refractivity contribution is 1.07. The summed E-state index contributed by atoms with van der Waals surface area (Å²) in [5, 5.41) is 10.7. The molecule has 0 amide bonds. The Hall–Kier alpha value is -8.73. The van der Waals surface area contributed by atoms with E-state index in [1.54, 1.807) is 0 Å². The zero-order valence-electron chi connectivity index (χ0n) is 33.3. The molecule has 62 heavy (non-hydrogen) atoms. The minimum absolute atomic E-state index is 0.493. The highest BCUT2D eigenvalue weighted by atomic mass is 15.0. The van der Waals surface area contributed by atoms with E-state index in [9.17, 15) is 5.26 Å². The standard InChI is InChI=1S/C55H35N7/c56-36-44-35-43(55-61-52(40-21-9-3-10-22-40)58-53(62-55)41-23-11-4-12-24-41)33-34-46(44)48-27-15-16-28-49(48)47-26-14-13-25-45(47)37-29-31-42(32-30-37)54-59-50(38-17-5-1-6-18-38)57-51(60-54)39-19-7-2-8-20-39/h1-35H. The smallest absolute Gasteiger partial charge is 0.164 e. The van der Waals surface area contributed by atoms with E-state index in [4.69, 9.17) is 29.9 Å². The topological polar surface area (TPSA) is 101 Å². The normalized spacial score (nSPS) is 10.9. The number of nitriles is 1. The summed E-state index contributed by atoms with van der Waals surface area (Å²) in [6.07, 6.45) is 0. The zero-order chi connectivity index (χ0) is 41.7. The minimum atomic E-state index is 0.493. The van der Waals surface area contributed by atoms with Crippen LogP contribution in [-0.2, 0) is 0 Å². The summed E-state index contributed by atoms with van der Waals surface area (Å²) >= 11 is 0. The highest BCUT2D eigenvalue weighted by molar-refractivity contribution is 5.93. The lowest BCUT2D eigenvalue weighted by Gasteiger charge is -2.16. The molecule has 0 aliphatic heterocycles. The molecule has 0 aliphatic rings. The zero-order valence-corrected chi connectivity index (χ0v) is 33.3. The van der Waals surface area contributed by atoms with Gasteiger partial charge in [-0.1, -0.05) is 206 Å². The Balaban J connectivity index is 1.02. The molecule has 0 spiro atoms. The summed E-state index contributed by atoms with van der Waals surface area (Å²) in [7, 11) is 0. The van der Waals surface area contributed by atoms with Gasteiger partial charge >= 0.3 is 0 Å². The van der Waals surface area contributed by atoms with Gasteiger partial charge in [0.1, 0.15) is 0 Å². The predicted molar refractivity (Wildman–Crippen MR) is 247 cm³/mol. The molecule has 10 rings (SSSR count). The van der Waals surface area contributed by atoms with Crippen molar-refractivity contribution in [2.45, 2.75) is 0 Å². The van der Waals surface area contributed by atoms with E-state index in [1.807, 2.05) is 152 Å². The number of hydrogen-bond acceptors (Lipinski definition) is 7.